The zero-order valence-corrected chi connectivity index (χ0v) is 13.4. The van der Waals surface area contributed by atoms with Crippen LogP contribution in [0.5, 0.6) is 0 Å². The molecule has 1 aromatic rings. The van der Waals surface area contributed by atoms with E-state index in [-0.39, 0.29) is 18.8 Å². The van der Waals surface area contributed by atoms with Crippen molar-refractivity contribution in [1.29, 1.82) is 0 Å². The fourth-order valence-corrected chi connectivity index (χ4v) is 3.11. The highest BCUT2D eigenvalue weighted by atomic mass is 79.9. The van der Waals surface area contributed by atoms with Crippen LogP contribution >= 0.6 is 15.9 Å². The van der Waals surface area contributed by atoms with E-state index in [1.54, 1.807) is 0 Å². The maximum atomic E-state index is 9.20. The summed E-state index contributed by atoms with van der Waals surface area (Å²) in [5.41, 5.74) is 7.43. The SMILES string of the molecule is CC1COC(CO)CN1CCC(N)c1ccccc1Br. The molecule has 0 spiro atoms. The van der Waals surface area contributed by atoms with Gasteiger partial charge in [0.05, 0.1) is 19.3 Å². The Morgan fingerprint density at radius 2 is 2.25 bits per heavy atom. The molecule has 0 bridgehead atoms. The first-order valence-corrected chi connectivity index (χ1v) is 7.87. The molecule has 5 heteroatoms. The van der Waals surface area contributed by atoms with Crippen molar-refractivity contribution in [3.05, 3.63) is 34.3 Å². The van der Waals surface area contributed by atoms with Crippen LogP contribution in [-0.4, -0.2) is 48.5 Å². The molecule has 0 aromatic heterocycles. The zero-order chi connectivity index (χ0) is 14.5. The monoisotopic (exact) mass is 342 g/mol. The molecule has 2 rings (SSSR count). The third-order valence-electron chi connectivity index (χ3n) is 3.87. The summed E-state index contributed by atoms with van der Waals surface area (Å²) < 4.78 is 6.62. The van der Waals surface area contributed by atoms with Gasteiger partial charge in [0.1, 0.15) is 0 Å². The van der Waals surface area contributed by atoms with Crippen molar-refractivity contribution in [2.75, 3.05) is 26.3 Å². The Bertz CT molecular complexity index is 430. The molecule has 1 saturated heterocycles. The summed E-state index contributed by atoms with van der Waals surface area (Å²) in [6, 6.07) is 8.50. The lowest BCUT2D eigenvalue weighted by atomic mass is 10.0. The number of nitrogens with zero attached hydrogens (tertiary/aromatic N) is 1. The van der Waals surface area contributed by atoms with Crippen molar-refractivity contribution in [2.24, 2.45) is 5.73 Å². The molecule has 1 aliphatic rings. The fraction of sp³-hybridized carbons (Fsp3) is 0.600. The maximum Gasteiger partial charge on any atom is 0.0933 e. The number of rotatable bonds is 5. The van der Waals surface area contributed by atoms with E-state index in [1.807, 2.05) is 18.2 Å². The Balaban J connectivity index is 1.89. The molecule has 1 fully saturated rings. The van der Waals surface area contributed by atoms with Crippen molar-refractivity contribution < 1.29 is 9.84 Å². The highest BCUT2D eigenvalue weighted by molar-refractivity contribution is 9.10. The van der Waals surface area contributed by atoms with Gasteiger partial charge in [-0.15, -0.1) is 0 Å². The predicted octanol–water partition coefficient (Wildman–Crippen LogP) is 1.92. The molecule has 4 nitrogen and oxygen atoms in total. The molecule has 0 saturated carbocycles. The lowest BCUT2D eigenvalue weighted by molar-refractivity contribution is -0.0782. The van der Waals surface area contributed by atoms with Crippen LogP contribution in [-0.2, 0) is 4.74 Å². The first kappa shape index (κ1) is 15.9. The third kappa shape index (κ3) is 4.02. The highest BCUT2D eigenvalue weighted by Gasteiger charge is 2.25. The molecule has 3 unspecified atom stereocenters. The van der Waals surface area contributed by atoms with Gasteiger partial charge in [0, 0.05) is 29.6 Å². The molecular formula is C15H23BrN2O2. The lowest BCUT2D eigenvalue weighted by Gasteiger charge is -2.37. The molecule has 1 aromatic carbocycles. The Hall–Kier alpha value is -0.460. The Morgan fingerprint density at radius 3 is 2.95 bits per heavy atom. The molecule has 112 valence electrons. The van der Waals surface area contributed by atoms with Gasteiger partial charge in [0.25, 0.3) is 0 Å². The van der Waals surface area contributed by atoms with Gasteiger partial charge in [-0.2, -0.15) is 0 Å². The normalized spacial score (nSPS) is 25.6. The Kier molecular flexibility index (Phi) is 5.99. The third-order valence-corrected chi connectivity index (χ3v) is 4.59. The van der Waals surface area contributed by atoms with E-state index >= 15 is 0 Å². The van der Waals surface area contributed by atoms with Crippen molar-refractivity contribution in [2.45, 2.75) is 31.5 Å². The Morgan fingerprint density at radius 1 is 1.50 bits per heavy atom. The second-order valence-corrected chi connectivity index (χ2v) is 6.25. The summed E-state index contributed by atoms with van der Waals surface area (Å²) in [5.74, 6) is 0. The molecule has 3 atom stereocenters. The summed E-state index contributed by atoms with van der Waals surface area (Å²) in [5, 5.41) is 9.20. The molecule has 3 N–H and O–H groups in total. The van der Waals surface area contributed by atoms with Crippen molar-refractivity contribution >= 4 is 15.9 Å². The average Bonchev–Trinajstić information content (AvgIpc) is 2.46. The molecule has 1 aliphatic heterocycles. The van der Waals surface area contributed by atoms with Crippen LogP contribution in [0.25, 0.3) is 0 Å². The van der Waals surface area contributed by atoms with Crippen LogP contribution in [0.15, 0.2) is 28.7 Å². The number of aliphatic hydroxyl groups is 1. The van der Waals surface area contributed by atoms with Crippen LogP contribution in [0.3, 0.4) is 0 Å². The fourth-order valence-electron chi connectivity index (χ4n) is 2.53. The second-order valence-electron chi connectivity index (χ2n) is 5.40. The van der Waals surface area contributed by atoms with E-state index in [9.17, 15) is 5.11 Å². The summed E-state index contributed by atoms with van der Waals surface area (Å²) in [4.78, 5) is 2.35. The summed E-state index contributed by atoms with van der Waals surface area (Å²) in [6.45, 7) is 4.61. The molecule has 0 aliphatic carbocycles. The van der Waals surface area contributed by atoms with Crippen molar-refractivity contribution in [1.82, 2.24) is 4.90 Å². The van der Waals surface area contributed by atoms with E-state index in [0.717, 1.165) is 29.5 Å². The Labute approximate surface area is 129 Å². The van der Waals surface area contributed by atoms with E-state index in [0.29, 0.717) is 12.6 Å². The lowest BCUT2D eigenvalue weighted by Crippen LogP contribution is -2.50. The van der Waals surface area contributed by atoms with Gasteiger partial charge >= 0.3 is 0 Å². The molecule has 0 amide bonds. The van der Waals surface area contributed by atoms with Crippen LogP contribution in [0.4, 0.5) is 0 Å². The van der Waals surface area contributed by atoms with Gasteiger partial charge < -0.3 is 15.6 Å². The number of benzene rings is 1. The summed E-state index contributed by atoms with van der Waals surface area (Å²) in [7, 11) is 0. The largest absolute Gasteiger partial charge is 0.394 e. The highest BCUT2D eigenvalue weighted by Crippen LogP contribution is 2.24. The first-order chi connectivity index (χ1) is 9.61. The maximum absolute atomic E-state index is 9.20. The van der Waals surface area contributed by atoms with E-state index in [1.165, 1.54) is 0 Å². The van der Waals surface area contributed by atoms with Gasteiger partial charge in [-0.25, -0.2) is 0 Å². The number of aliphatic hydroxyl groups excluding tert-OH is 1. The minimum Gasteiger partial charge on any atom is -0.394 e. The van der Waals surface area contributed by atoms with E-state index in [2.05, 4.69) is 33.8 Å². The van der Waals surface area contributed by atoms with E-state index in [4.69, 9.17) is 10.5 Å². The van der Waals surface area contributed by atoms with E-state index < -0.39 is 0 Å². The number of morpholine rings is 1. The van der Waals surface area contributed by atoms with Crippen LogP contribution in [0.2, 0.25) is 0 Å². The topological polar surface area (TPSA) is 58.7 Å². The number of halogens is 1. The standard InChI is InChI=1S/C15H23BrN2O2/c1-11-10-20-12(9-19)8-18(11)7-6-15(17)13-4-2-3-5-14(13)16/h2-5,11-12,15,19H,6-10,17H2,1H3. The number of ether oxygens (including phenoxy) is 1. The number of hydrogen-bond acceptors (Lipinski definition) is 4. The molecular weight excluding hydrogens is 320 g/mol. The smallest absolute Gasteiger partial charge is 0.0933 e. The van der Waals surface area contributed by atoms with Crippen LogP contribution in [0.1, 0.15) is 24.9 Å². The molecule has 20 heavy (non-hydrogen) atoms. The van der Waals surface area contributed by atoms with Gasteiger partial charge in [-0.1, -0.05) is 34.1 Å². The van der Waals surface area contributed by atoms with Crippen molar-refractivity contribution in [3.8, 4) is 0 Å². The first-order valence-electron chi connectivity index (χ1n) is 7.08. The minimum atomic E-state index is -0.0640. The van der Waals surface area contributed by atoms with Gasteiger partial charge in [0.15, 0.2) is 0 Å². The minimum absolute atomic E-state index is 0.0215. The summed E-state index contributed by atoms with van der Waals surface area (Å²) in [6.07, 6.45) is 0.830. The van der Waals surface area contributed by atoms with Gasteiger partial charge in [-0.3, -0.25) is 4.90 Å². The van der Waals surface area contributed by atoms with Gasteiger partial charge in [0.2, 0.25) is 0 Å². The predicted molar refractivity (Wildman–Crippen MR) is 83.5 cm³/mol. The molecule has 1 heterocycles. The quantitative estimate of drug-likeness (QED) is 0.858. The average molecular weight is 343 g/mol. The second kappa shape index (κ2) is 7.52. The van der Waals surface area contributed by atoms with Crippen LogP contribution in [0, 0.1) is 0 Å². The molecule has 0 radical (unpaired) electrons. The number of hydrogen-bond donors (Lipinski definition) is 2. The summed E-state index contributed by atoms with van der Waals surface area (Å²) >= 11 is 3.55. The number of nitrogens with two attached hydrogens (primary N) is 1. The van der Waals surface area contributed by atoms with Crippen LogP contribution < -0.4 is 5.73 Å². The zero-order valence-electron chi connectivity index (χ0n) is 11.8. The van der Waals surface area contributed by atoms with Gasteiger partial charge in [-0.05, 0) is 25.0 Å². The van der Waals surface area contributed by atoms with Crippen molar-refractivity contribution in [3.63, 3.8) is 0 Å².